The van der Waals surface area contributed by atoms with Crippen LogP contribution in [-0.4, -0.2) is 36.4 Å². The molecule has 0 radical (unpaired) electrons. The van der Waals surface area contributed by atoms with E-state index in [0.717, 1.165) is 35.4 Å². The van der Waals surface area contributed by atoms with Crippen molar-refractivity contribution in [2.45, 2.75) is 36.3 Å². The van der Waals surface area contributed by atoms with Crippen LogP contribution in [-0.2, 0) is 10.2 Å². The van der Waals surface area contributed by atoms with Crippen LogP contribution >= 0.6 is 11.8 Å². The van der Waals surface area contributed by atoms with E-state index in [0.29, 0.717) is 25.0 Å². The summed E-state index contributed by atoms with van der Waals surface area (Å²) in [5, 5.41) is 3.67. The Morgan fingerprint density at radius 3 is 2.70 bits per heavy atom. The maximum atomic E-state index is 12.5. The van der Waals surface area contributed by atoms with Gasteiger partial charge in [-0.2, -0.15) is 0 Å². The van der Waals surface area contributed by atoms with Gasteiger partial charge in [-0.1, -0.05) is 42.8 Å². The lowest BCUT2D eigenvalue weighted by atomic mass is 9.78. The Morgan fingerprint density at radius 1 is 1.07 bits per heavy atom. The SMILES string of the molecule is O=C(CSc1nc2ccccc2o1)NCC1(c2ccc3c(c2)OCCO3)CCCC1. The fourth-order valence-corrected chi connectivity index (χ4v) is 5.02. The first-order valence-corrected chi connectivity index (χ1v) is 11.4. The summed E-state index contributed by atoms with van der Waals surface area (Å²) in [6.07, 6.45) is 4.46. The molecule has 1 amide bonds. The van der Waals surface area contributed by atoms with Gasteiger partial charge in [0.25, 0.3) is 5.22 Å². The Morgan fingerprint density at radius 2 is 1.87 bits per heavy atom. The number of rotatable bonds is 6. The number of benzene rings is 2. The standard InChI is InChI=1S/C23H24N2O4S/c26-21(14-30-22-25-17-5-1-2-6-18(17)29-22)24-15-23(9-3-4-10-23)16-7-8-19-20(13-16)28-12-11-27-19/h1-2,5-8,13H,3-4,9-12,14-15H2,(H,24,26). The molecular weight excluding hydrogens is 400 g/mol. The molecule has 5 rings (SSSR count). The van der Waals surface area contributed by atoms with Gasteiger partial charge in [0.2, 0.25) is 5.91 Å². The molecule has 0 spiro atoms. The second-order valence-electron chi connectivity index (χ2n) is 7.86. The minimum atomic E-state index is -0.0478. The highest BCUT2D eigenvalue weighted by molar-refractivity contribution is 7.99. The van der Waals surface area contributed by atoms with Gasteiger partial charge in [-0.05, 0) is 42.7 Å². The highest BCUT2D eigenvalue weighted by Gasteiger charge is 2.36. The normalized spacial score (nSPS) is 17.2. The Hall–Kier alpha value is -2.67. The van der Waals surface area contributed by atoms with Gasteiger partial charge >= 0.3 is 0 Å². The number of fused-ring (bicyclic) bond motifs is 2. The summed E-state index contributed by atoms with van der Waals surface area (Å²) in [5.41, 5.74) is 2.72. The fraction of sp³-hybridized carbons (Fsp3) is 0.391. The molecule has 2 aliphatic rings. The molecule has 30 heavy (non-hydrogen) atoms. The molecule has 1 aliphatic carbocycles. The molecule has 0 bridgehead atoms. The third-order valence-electron chi connectivity index (χ3n) is 5.94. The van der Waals surface area contributed by atoms with E-state index in [-0.39, 0.29) is 17.1 Å². The van der Waals surface area contributed by atoms with Gasteiger partial charge in [0.1, 0.15) is 18.7 Å². The number of carbonyl (C=O) groups is 1. The second kappa shape index (κ2) is 8.22. The number of ether oxygens (including phenoxy) is 2. The maximum Gasteiger partial charge on any atom is 0.257 e. The van der Waals surface area contributed by atoms with Gasteiger partial charge in [-0.3, -0.25) is 4.79 Å². The van der Waals surface area contributed by atoms with E-state index >= 15 is 0 Å². The molecule has 7 heteroatoms. The Balaban J connectivity index is 1.23. The number of para-hydroxylation sites is 2. The molecule has 0 saturated heterocycles. The molecule has 1 aromatic heterocycles. The summed E-state index contributed by atoms with van der Waals surface area (Å²) < 4.78 is 17.1. The van der Waals surface area contributed by atoms with Crippen LogP contribution in [0.15, 0.2) is 52.1 Å². The first-order valence-electron chi connectivity index (χ1n) is 10.4. The van der Waals surface area contributed by atoms with Gasteiger partial charge < -0.3 is 19.2 Å². The first kappa shape index (κ1) is 19.3. The average Bonchev–Trinajstić information content (AvgIpc) is 3.43. The molecule has 0 unspecified atom stereocenters. The monoisotopic (exact) mass is 424 g/mol. The number of carbonyl (C=O) groups excluding carboxylic acids is 1. The predicted molar refractivity (Wildman–Crippen MR) is 115 cm³/mol. The zero-order chi connectivity index (χ0) is 20.4. The lowest BCUT2D eigenvalue weighted by Crippen LogP contribution is -2.39. The van der Waals surface area contributed by atoms with Gasteiger partial charge in [0.15, 0.2) is 17.1 Å². The summed E-state index contributed by atoms with van der Waals surface area (Å²) in [4.78, 5) is 17.0. The largest absolute Gasteiger partial charge is 0.486 e. The van der Waals surface area contributed by atoms with Crippen LogP contribution in [0.3, 0.4) is 0 Å². The molecule has 2 heterocycles. The minimum Gasteiger partial charge on any atom is -0.486 e. The fourth-order valence-electron chi connectivity index (χ4n) is 4.35. The molecule has 1 N–H and O–H groups in total. The van der Waals surface area contributed by atoms with E-state index in [1.54, 1.807) is 0 Å². The lowest BCUT2D eigenvalue weighted by molar-refractivity contribution is -0.118. The summed E-state index contributed by atoms with van der Waals surface area (Å²) >= 11 is 1.32. The van der Waals surface area contributed by atoms with E-state index in [1.165, 1.54) is 30.2 Å². The Bertz CT molecular complexity index is 1030. The highest BCUT2D eigenvalue weighted by Crippen LogP contribution is 2.43. The molecule has 1 aliphatic heterocycles. The van der Waals surface area contributed by atoms with Crippen LogP contribution in [0, 0.1) is 0 Å². The molecule has 0 atom stereocenters. The molecular formula is C23H24N2O4S. The number of aromatic nitrogens is 1. The van der Waals surface area contributed by atoms with Crippen molar-refractivity contribution >= 4 is 28.8 Å². The first-order chi connectivity index (χ1) is 14.7. The van der Waals surface area contributed by atoms with Crippen LogP contribution < -0.4 is 14.8 Å². The smallest absolute Gasteiger partial charge is 0.257 e. The van der Waals surface area contributed by atoms with E-state index < -0.39 is 0 Å². The van der Waals surface area contributed by atoms with Gasteiger partial charge in [0, 0.05) is 12.0 Å². The number of thioether (sulfide) groups is 1. The van der Waals surface area contributed by atoms with Crippen LogP contribution in [0.4, 0.5) is 0 Å². The van der Waals surface area contributed by atoms with Gasteiger partial charge in [-0.15, -0.1) is 0 Å². The van der Waals surface area contributed by atoms with E-state index in [2.05, 4.69) is 22.4 Å². The number of oxazole rings is 1. The zero-order valence-electron chi connectivity index (χ0n) is 16.7. The quantitative estimate of drug-likeness (QED) is 0.594. The van der Waals surface area contributed by atoms with Gasteiger partial charge in [-0.25, -0.2) is 4.98 Å². The topological polar surface area (TPSA) is 73.6 Å². The number of amides is 1. The second-order valence-corrected chi connectivity index (χ2v) is 8.79. The third kappa shape index (κ3) is 3.86. The molecule has 3 aromatic rings. The molecule has 1 saturated carbocycles. The number of hydrogen-bond acceptors (Lipinski definition) is 6. The van der Waals surface area contributed by atoms with E-state index in [9.17, 15) is 4.79 Å². The lowest BCUT2D eigenvalue weighted by Gasteiger charge is -2.31. The van der Waals surface area contributed by atoms with Gasteiger partial charge in [0.05, 0.1) is 5.75 Å². The minimum absolute atomic E-state index is 0.00826. The van der Waals surface area contributed by atoms with E-state index in [4.69, 9.17) is 13.9 Å². The molecule has 156 valence electrons. The third-order valence-corrected chi connectivity index (χ3v) is 6.77. The summed E-state index contributed by atoms with van der Waals surface area (Å²) in [6.45, 7) is 1.79. The number of nitrogens with one attached hydrogen (secondary N) is 1. The van der Waals surface area contributed by atoms with Crippen molar-refractivity contribution in [3.63, 3.8) is 0 Å². The van der Waals surface area contributed by atoms with Crippen molar-refractivity contribution in [1.29, 1.82) is 0 Å². The summed E-state index contributed by atoms with van der Waals surface area (Å²) in [6, 6.07) is 13.8. The van der Waals surface area contributed by atoms with E-state index in [1.807, 2.05) is 30.3 Å². The number of nitrogens with zero attached hydrogens (tertiary/aromatic N) is 1. The zero-order valence-corrected chi connectivity index (χ0v) is 17.5. The van der Waals surface area contributed by atoms with Crippen LogP contribution in [0.2, 0.25) is 0 Å². The summed E-state index contributed by atoms with van der Waals surface area (Å²) in [7, 11) is 0. The van der Waals surface area contributed by atoms with Crippen LogP contribution in [0.1, 0.15) is 31.2 Å². The molecule has 2 aromatic carbocycles. The number of hydrogen-bond donors (Lipinski definition) is 1. The van der Waals surface area contributed by atoms with Crippen molar-refractivity contribution in [1.82, 2.24) is 10.3 Å². The maximum absolute atomic E-state index is 12.5. The van der Waals surface area contributed by atoms with Crippen molar-refractivity contribution in [2.24, 2.45) is 0 Å². The van der Waals surface area contributed by atoms with Crippen LogP contribution in [0.5, 0.6) is 11.5 Å². The molecule has 6 nitrogen and oxygen atoms in total. The van der Waals surface area contributed by atoms with Crippen molar-refractivity contribution in [3.05, 3.63) is 48.0 Å². The average molecular weight is 425 g/mol. The van der Waals surface area contributed by atoms with Crippen molar-refractivity contribution in [2.75, 3.05) is 25.5 Å². The highest BCUT2D eigenvalue weighted by atomic mass is 32.2. The Kier molecular flexibility index (Phi) is 5.29. The Labute approximate surface area is 179 Å². The molecule has 1 fully saturated rings. The van der Waals surface area contributed by atoms with Crippen molar-refractivity contribution < 1.29 is 18.7 Å². The predicted octanol–water partition coefficient (Wildman–Crippen LogP) is 4.32. The summed E-state index contributed by atoms with van der Waals surface area (Å²) in [5.74, 6) is 1.88. The van der Waals surface area contributed by atoms with Crippen molar-refractivity contribution in [3.8, 4) is 11.5 Å². The van der Waals surface area contributed by atoms with Crippen LogP contribution in [0.25, 0.3) is 11.1 Å².